The van der Waals surface area contributed by atoms with Gasteiger partial charge >= 0.3 is 11.9 Å². The fourth-order valence-electron chi connectivity index (χ4n) is 3.06. The summed E-state index contributed by atoms with van der Waals surface area (Å²) in [6.45, 7) is 7.14. The number of aryl methyl sites for hydroxylation is 1. The van der Waals surface area contributed by atoms with E-state index in [1.165, 1.54) is 10.9 Å². The van der Waals surface area contributed by atoms with Crippen molar-refractivity contribution in [2.75, 3.05) is 11.9 Å². The second-order valence-electron chi connectivity index (χ2n) is 7.63. The van der Waals surface area contributed by atoms with Crippen molar-refractivity contribution in [3.05, 3.63) is 57.0 Å². The van der Waals surface area contributed by atoms with Crippen molar-refractivity contribution >= 4 is 45.1 Å². The highest BCUT2D eigenvalue weighted by molar-refractivity contribution is 7.20. The van der Waals surface area contributed by atoms with Crippen molar-refractivity contribution in [1.29, 1.82) is 0 Å². The van der Waals surface area contributed by atoms with Crippen LogP contribution in [-0.2, 0) is 20.8 Å². The fourth-order valence-corrected chi connectivity index (χ4v) is 4.08. The summed E-state index contributed by atoms with van der Waals surface area (Å²) in [6, 6.07) is 6.28. The number of nitrogens with one attached hydrogen (secondary N) is 1. The number of carbonyl (C=O) groups is 3. The van der Waals surface area contributed by atoms with Crippen LogP contribution in [0.2, 0.25) is 0 Å². The molecule has 0 saturated carbocycles. The Hall–Kier alpha value is -3.53. The first kappa shape index (κ1) is 24.1. The molecule has 1 aromatic carbocycles. The molecule has 0 saturated heterocycles. The van der Waals surface area contributed by atoms with Crippen LogP contribution in [0.5, 0.6) is 0 Å². The normalized spacial score (nSPS) is 10.9. The smallest absolute Gasteiger partial charge is 0.348 e. The predicted octanol–water partition coefficient (Wildman–Crippen LogP) is 3.54. The van der Waals surface area contributed by atoms with Crippen molar-refractivity contribution in [3.63, 3.8) is 0 Å². The van der Waals surface area contributed by atoms with E-state index in [9.17, 15) is 19.2 Å². The van der Waals surface area contributed by atoms with Gasteiger partial charge in [0.2, 0.25) is 5.91 Å². The minimum atomic E-state index is -0.504. The fraction of sp³-hybridized carbons (Fsp3) is 0.348. The standard InChI is InChI=1S/C23H25N3O6S/c1-5-10-31-22(29)15-6-8-16(9-7-15)25-17(27)11-26-12-24-20-18(21(26)28)14(4)19(33-20)23(30)32-13(2)3/h6-9,12-13H,5,10-11H2,1-4H3,(H,25,27). The van der Waals surface area contributed by atoms with E-state index in [1.54, 1.807) is 45.0 Å². The number of aromatic nitrogens is 2. The summed E-state index contributed by atoms with van der Waals surface area (Å²) in [4.78, 5) is 54.6. The van der Waals surface area contributed by atoms with E-state index in [-0.39, 0.29) is 12.6 Å². The lowest BCUT2D eigenvalue weighted by Crippen LogP contribution is -2.28. The molecule has 0 unspecified atom stereocenters. The number of rotatable bonds is 8. The number of hydrogen-bond acceptors (Lipinski definition) is 8. The highest BCUT2D eigenvalue weighted by Crippen LogP contribution is 2.27. The number of fused-ring (bicyclic) bond motifs is 1. The number of thiophene rings is 1. The summed E-state index contributed by atoms with van der Waals surface area (Å²) in [5.74, 6) is -1.37. The van der Waals surface area contributed by atoms with E-state index >= 15 is 0 Å². The minimum absolute atomic E-state index is 0.261. The molecular weight excluding hydrogens is 446 g/mol. The van der Waals surface area contributed by atoms with Crippen LogP contribution in [0.3, 0.4) is 0 Å². The lowest BCUT2D eigenvalue weighted by molar-refractivity contribution is -0.116. The molecule has 0 spiro atoms. The maximum absolute atomic E-state index is 12.9. The molecule has 9 nitrogen and oxygen atoms in total. The van der Waals surface area contributed by atoms with E-state index in [2.05, 4.69) is 10.3 Å². The third-order valence-electron chi connectivity index (χ3n) is 4.60. The van der Waals surface area contributed by atoms with Gasteiger partial charge in [0, 0.05) is 5.69 Å². The Morgan fingerprint density at radius 2 is 1.85 bits per heavy atom. The molecular formula is C23H25N3O6S. The van der Waals surface area contributed by atoms with Crippen LogP contribution in [0.1, 0.15) is 52.8 Å². The molecule has 33 heavy (non-hydrogen) atoms. The van der Waals surface area contributed by atoms with Gasteiger partial charge in [-0.25, -0.2) is 14.6 Å². The molecule has 0 bridgehead atoms. The van der Waals surface area contributed by atoms with Crippen LogP contribution in [-0.4, -0.2) is 40.1 Å². The average Bonchev–Trinajstić information content (AvgIpc) is 3.11. The molecule has 3 aromatic rings. The predicted molar refractivity (Wildman–Crippen MR) is 125 cm³/mol. The van der Waals surface area contributed by atoms with E-state index in [1.807, 2.05) is 6.92 Å². The Morgan fingerprint density at radius 1 is 1.15 bits per heavy atom. The molecule has 0 radical (unpaired) electrons. The number of amides is 1. The van der Waals surface area contributed by atoms with Crippen molar-refractivity contribution in [1.82, 2.24) is 9.55 Å². The van der Waals surface area contributed by atoms with E-state index in [4.69, 9.17) is 9.47 Å². The molecule has 0 atom stereocenters. The molecule has 0 aliphatic rings. The third kappa shape index (κ3) is 5.64. The molecule has 174 valence electrons. The van der Waals surface area contributed by atoms with Crippen molar-refractivity contribution in [2.24, 2.45) is 0 Å². The van der Waals surface area contributed by atoms with Gasteiger partial charge in [-0.05, 0) is 57.0 Å². The second kappa shape index (κ2) is 10.4. The first-order valence-corrected chi connectivity index (χ1v) is 11.3. The van der Waals surface area contributed by atoms with Gasteiger partial charge in [-0.2, -0.15) is 0 Å². The van der Waals surface area contributed by atoms with Crippen molar-refractivity contribution in [3.8, 4) is 0 Å². The Morgan fingerprint density at radius 3 is 2.48 bits per heavy atom. The molecule has 0 fully saturated rings. The lowest BCUT2D eigenvalue weighted by atomic mass is 10.2. The van der Waals surface area contributed by atoms with Gasteiger partial charge in [-0.3, -0.25) is 14.2 Å². The zero-order valence-corrected chi connectivity index (χ0v) is 19.7. The van der Waals surface area contributed by atoms with Gasteiger partial charge < -0.3 is 14.8 Å². The molecule has 1 N–H and O–H groups in total. The first-order valence-electron chi connectivity index (χ1n) is 10.5. The third-order valence-corrected chi connectivity index (χ3v) is 5.78. The molecule has 2 heterocycles. The van der Waals surface area contributed by atoms with E-state index in [0.29, 0.717) is 38.5 Å². The maximum atomic E-state index is 12.9. The SMILES string of the molecule is CCCOC(=O)c1ccc(NC(=O)Cn2cnc3sc(C(=O)OC(C)C)c(C)c3c2=O)cc1. The summed E-state index contributed by atoms with van der Waals surface area (Å²) in [6.07, 6.45) is 1.73. The topological polar surface area (TPSA) is 117 Å². The average molecular weight is 472 g/mol. The summed E-state index contributed by atoms with van der Waals surface area (Å²) >= 11 is 1.09. The Balaban J connectivity index is 1.74. The lowest BCUT2D eigenvalue weighted by Gasteiger charge is -2.08. The van der Waals surface area contributed by atoms with Gasteiger partial charge in [0.15, 0.2) is 0 Å². The van der Waals surface area contributed by atoms with E-state index < -0.39 is 23.4 Å². The van der Waals surface area contributed by atoms with E-state index in [0.717, 1.165) is 17.8 Å². The number of ether oxygens (including phenoxy) is 2. The quantitative estimate of drug-likeness (QED) is 0.500. The van der Waals surface area contributed by atoms with Gasteiger partial charge in [0.25, 0.3) is 5.56 Å². The van der Waals surface area contributed by atoms with Gasteiger partial charge in [0.1, 0.15) is 16.3 Å². The maximum Gasteiger partial charge on any atom is 0.348 e. The number of nitrogens with zero attached hydrogens (tertiary/aromatic N) is 2. The Kier molecular flexibility index (Phi) is 7.59. The number of carbonyl (C=O) groups excluding carboxylic acids is 3. The number of anilines is 1. The Labute approximate surface area is 194 Å². The van der Waals surface area contributed by atoms with Crippen molar-refractivity contribution < 1.29 is 23.9 Å². The van der Waals surface area contributed by atoms with Gasteiger partial charge in [-0.1, -0.05) is 6.92 Å². The minimum Gasteiger partial charge on any atom is -0.462 e. The van der Waals surface area contributed by atoms with Gasteiger partial charge in [-0.15, -0.1) is 11.3 Å². The number of hydrogen-bond donors (Lipinski definition) is 1. The van der Waals surface area contributed by atoms with Crippen LogP contribution in [0.25, 0.3) is 10.2 Å². The summed E-state index contributed by atoms with van der Waals surface area (Å²) in [5, 5.41) is 2.98. The van der Waals surface area contributed by atoms with Gasteiger partial charge in [0.05, 0.1) is 30.0 Å². The molecule has 3 rings (SSSR count). The number of benzene rings is 1. The first-order chi connectivity index (χ1) is 15.7. The zero-order valence-electron chi connectivity index (χ0n) is 18.8. The van der Waals surface area contributed by atoms with Crippen LogP contribution >= 0.6 is 11.3 Å². The number of esters is 2. The Bertz CT molecular complexity index is 1240. The van der Waals surface area contributed by atoms with Crippen LogP contribution < -0.4 is 10.9 Å². The molecule has 0 aliphatic heterocycles. The highest BCUT2D eigenvalue weighted by atomic mass is 32.1. The summed E-state index contributed by atoms with van der Waals surface area (Å²) in [7, 11) is 0. The van der Waals surface area contributed by atoms with Crippen LogP contribution in [0, 0.1) is 6.92 Å². The summed E-state index contributed by atoms with van der Waals surface area (Å²) in [5.41, 5.74) is 0.923. The highest BCUT2D eigenvalue weighted by Gasteiger charge is 2.21. The van der Waals surface area contributed by atoms with Crippen LogP contribution in [0.15, 0.2) is 35.4 Å². The molecule has 0 aliphatic carbocycles. The molecule has 1 amide bonds. The molecule has 10 heteroatoms. The largest absolute Gasteiger partial charge is 0.462 e. The van der Waals surface area contributed by atoms with Crippen molar-refractivity contribution in [2.45, 2.75) is 46.8 Å². The molecule has 2 aromatic heterocycles. The zero-order chi connectivity index (χ0) is 24.1. The second-order valence-corrected chi connectivity index (χ2v) is 8.63. The monoisotopic (exact) mass is 471 g/mol. The van der Waals surface area contributed by atoms with Crippen LogP contribution in [0.4, 0.5) is 5.69 Å². The summed E-state index contributed by atoms with van der Waals surface area (Å²) < 4.78 is 11.5.